The van der Waals surface area contributed by atoms with Crippen LogP contribution in [0.2, 0.25) is 0 Å². The Balaban J connectivity index is 2.51. The number of carbonyl (C=O) groups is 2. The molecule has 7 heteroatoms. The van der Waals surface area contributed by atoms with E-state index in [1.807, 2.05) is 6.92 Å². The van der Waals surface area contributed by atoms with E-state index < -0.39 is 65.3 Å². The number of rotatable bonds is 1. The normalized spacial score (nSPS) is 51.1. The fraction of sp³-hybridized carbons (Fsp3) is 0.905. The van der Waals surface area contributed by atoms with Crippen molar-refractivity contribution in [3.8, 4) is 0 Å². The largest absolute Gasteiger partial charge is 0.462 e. The van der Waals surface area contributed by atoms with Gasteiger partial charge in [-0.25, -0.2) is 0 Å². The van der Waals surface area contributed by atoms with Gasteiger partial charge in [0.15, 0.2) is 5.78 Å². The summed E-state index contributed by atoms with van der Waals surface area (Å²) in [6, 6.07) is 0. The molecule has 0 aromatic heterocycles. The molecule has 28 heavy (non-hydrogen) atoms. The van der Waals surface area contributed by atoms with Crippen LogP contribution in [0.1, 0.15) is 61.3 Å². The van der Waals surface area contributed by atoms with Crippen LogP contribution in [0.3, 0.4) is 0 Å². The SMILES string of the molecule is CC[C@H]1OC(=O)[C@H](C)[C@@H](O)[C@H](C)[C@H]2O[C@](C)(C[C@]2(C)O)C(=O)[C@H](C)[C@@H](O)[C@H]1C. The van der Waals surface area contributed by atoms with Crippen molar-refractivity contribution in [2.24, 2.45) is 23.7 Å². The molecule has 0 aliphatic carbocycles. The van der Waals surface area contributed by atoms with Crippen molar-refractivity contribution < 1.29 is 34.4 Å². The molecule has 2 fully saturated rings. The fourth-order valence-electron chi connectivity index (χ4n) is 4.96. The number of ketones is 1. The molecule has 0 unspecified atom stereocenters. The second-order valence-corrected chi connectivity index (χ2v) is 9.33. The Bertz CT molecular complexity index is 604. The van der Waals surface area contributed by atoms with Crippen molar-refractivity contribution in [2.45, 2.75) is 96.9 Å². The standard InChI is InChI=1S/C21H36O7/c1-8-14-10(2)15(22)11(3)17(24)21(7)9-20(6,26)18(28-21)12(4)16(23)13(5)19(25)27-14/h10-16,18,22-23,26H,8-9H2,1-7H3/t10-,11+,12-,13+,14+,15-,16-,18+,20-,21+/m0/s1. The van der Waals surface area contributed by atoms with Crippen molar-refractivity contribution in [1.29, 1.82) is 0 Å². The van der Waals surface area contributed by atoms with Crippen LogP contribution in [0.15, 0.2) is 0 Å². The minimum atomic E-state index is -1.36. The Labute approximate surface area is 167 Å². The summed E-state index contributed by atoms with van der Waals surface area (Å²) in [6.45, 7) is 11.7. The number of esters is 1. The molecule has 0 radical (unpaired) electrons. The summed E-state index contributed by atoms with van der Waals surface area (Å²) in [7, 11) is 0. The molecule has 2 bridgehead atoms. The van der Waals surface area contributed by atoms with Crippen LogP contribution in [-0.4, -0.2) is 62.7 Å². The number of hydrogen-bond donors (Lipinski definition) is 3. The Hall–Kier alpha value is -1.02. The van der Waals surface area contributed by atoms with Crippen LogP contribution >= 0.6 is 0 Å². The van der Waals surface area contributed by atoms with Gasteiger partial charge in [0.2, 0.25) is 0 Å². The first-order valence-electron chi connectivity index (χ1n) is 10.3. The van der Waals surface area contributed by atoms with Gasteiger partial charge in [0.05, 0.1) is 29.8 Å². The number of ether oxygens (including phenoxy) is 2. The highest BCUT2D eigenvalue weighted by Crippen LogP contribution is 2.45. The van der Waals surface area contributed by atoms with Crippen LogP contribution in [0.25, 0.3) is 0 Å². The van der Waals surface area contributed by atoms with E-state index >= 15 is 0 Å². The minimum Gasteiger partial charge on any atom is -0.462 e. The molecule has 0 spiro atoms. The molecule has 2 heterocycles. The molecule has 0 amide bonds. The van der Waals surface area contributed by atoms with Gasteiger partial charge in [0, 0.05) is 24.2 Å². The van der Waals surface area contributed by atoms with Crippen molar-refractivity contribution >= 4 is 11.8 Å². The minimum absolute atomic E-state index is 0.0576. The number of fused-ring (bicyclic) bond motifs is 2. The molecule has 2 rings (SSSR count). The van der Waals surface area contributed by atoms with Crippen LogP contribution in [-0.2, 0) is 19.1 Å². The number of aliphatic hydroxyl groups excluding tert-OH is 2. The smallest absolute Gasteiger partial charge is 0.311 e. The molecule has 2 aliphatic heterocycles. The summed E-state index contributed by atoms with van der Waals surface area (Å²) in [5, 5.41) is 32.5. The van der Waals surface area contributed by atoms with Crippen molar-refractivity contribution in [1.82, 2.24) is 0 Å². The maximum Gasteiger partial charge on any atom is 0.311 e. The monoisotopic (exact) mass is 400 g/mol. The average Bonchev–Trinajstić information content (AvgIpc) is 2.90. The van der Waals surface area contributed by atoms with Crippen molar-refractivity contribution in [2.75, 3.05) is 0 Å². The van der Waals surface area contributed by atoms with E-state index in [2.05, 4.69) is 0 Å². The number of hydrogen-bond acceptors (Lipinski definition) is 7. The van der Waals surface area contributed by atoms with Crippen molar-refractivity contribution in [3.05, 3.63) is 0 Å². The molecule has 162 valence electrons. The van der Waals surface area contributed by atoms with Crippen LogP contribution < -0.4 is 0 Å². The van der Waals surface area contributed by atoms with Gasteiger partial charge in [-0.3, -0.25) is 9.59 Å². The first-order valence-corrected chi connectivity index (χ1v) is 10.3. The van der Waals surface area contributed by atoms with Crippen molar-refractivity contribution in [3.63, 3.8) is 0 Å². The lowest BCUT2D eigenvalue weighted by Crippen LogP contribution is -2.47. The lowest BCUT2D eigenvalue weighted by atomic mass is 9.76. The van der Waals surface area contributed by atoms with Gasteiger partial charge in [-0.05, 0) is 27.2 Å². The molecule has 7 nitrogen and oxygen atoms in total. The summed E-state index contributed by atoms with van der Waals surface area (Å²) in [6.07, 6.45) is -3.02. The van der Waals surface area contributed by atoms with Crippen LogP contribution in [0, 0.1) is 23.7 Å². The maximum atomic E-state index is 13.2. The van der Waals surface area contributed by atoms with E-state index in [4.69, 9.17) is 9.47 Å². The van der Waals surface area contributed by atoms with Gasteiger partial charge >= 0.3 is 5.97 Å². The zero-order valence-corrected chi connectivity index (χ0v) is 18.0. The molecule has 3 N–H and O–H groups in total. The van der Waals surface area contributed by atoms with E-state index in [1.54, 1.807) is 41.5 Å². The van der Waals surface area contributed by atoms with E-state index in [9.17, 15) is 24.9 Å². The highest BCUT2D eigenvalue weighted by atomic mass is 16.6. The summed E-state index contributed by atoms with van der Waals surface area (Å²) in [5.41, 5.74) is -2.65. The zero-order valence-electron chi connectivity index (χ0n) is 18.0. The second kappa shape index (κ2) is 8.01. The molecule has 0 saturated carbocycles. The third-order valence-corrected chi connectivity index (χ3v) is 6.84. The summed E-state index contributed by atoms with van der Waals surface area (Å²) in [4.78, 5) is 25.9. The van der Waals surface area contributed by atoms with E-state index in [-0.39, 0.29) is 12.2 Å². The molecule has 2 aliphatic rings. The van der Waals surface area contributed by atoms with Gasteiger partial charge in [-0.2, -0.15) is 0 Å². The number of carbonyl (C=O) groups excluding carboxylic acids is 2. The molecular weight excluding hydrogens is 364 g/mol. The molecule has 0 aromatic rings. The molecular formula is C21H36O7. The van der Waals surface area contributed by atoms with Crippen LogP contribution in [0.4, 0.5) is 0 Å². The van der Waals surface area contributed by atoms with E-state index in [0.717, 1.165) is 0 Å². The summed E-state index contributed by atoms with van der Waals surface area (Å²) >= 11 is 0. The molecule has 10 atom stereocenters. The Morgan fingerprint density at radius 1 is 1.00 bits per heavy atom. The highest BCUT2D eigenvalue weighted by Gasteiger charge is 2.58. The summed E-state index contributed by atoms with van der Waals surface area (Å²) < 4.78 is 11.6. The lowest BCUT2D eigenvalue weighted by Gasteiger charge is -2.34. The highest BCUT2D eigenvalue weighted by molar-refractivity contribution is 5.90. The van der Waals surface area contributed by atoms with Gasteiger partial charge in [0.1, 0.15) is 11.7 Å². The first kappa shape index (κ1) is 23.3. The summed E-state index contributed by atoms with van der Waals surface area (Å²) in [5.74, 6) is -3.55. The van der Waals surface area contributed by atoms with Gasteiger partial charge in [-0.15, -0.1) is 0 Å². The quantitative estimate of drug-likeness (QED) is 0.571. The average molecular weight is 401 g/mol. The van der Waals surface area contributed by atoms with Gasteiger partial charge in [-0.1, -0.05) is 27.7 Å². The van der Waals surface area contributed by atoms with E-state index in [0.29, 0.717) is 6.42 Å². The Kier molecular flexibility index (Phi) is 6.66. The number of aliphatic hydroxyl groups is 3. The first-order chi connectivity index (χ1) is 12.8. The molecule has 0 aromatic carbocycles. The Morgan fingerprint density at radius 2 is 1.54 bits per heavy atom. The zero-order chi connectivity index (χ0) is 21.6. The predicted octanol–water partition coefficient (Wildman–Crippen LogP) is 1.46. The number of Topliss-reactive ketones (excluding diaryl/α,β-unsaturated/α-hetero) is 1. The third kappa shape index (κ3) is 3.99. The maximum absolute atomic E-state index is 13.2. The second-order valence-electron chi connectivity index (χ2n) is 9.33. The third-order valence-electron chi connectivity index (χ3n) is 6.84. The predicted molar refractivity (Wildman–Crippen MR) is 102 cm³/mol. The van der Waals surface area contributed by atoms with Gasteiger partial charge < -0.3 is 24.8 Å². The van der Waals surface area contributed by atoms with Crippen LogP contribution in [0.5, 0.6) is 0 Å². The topological polar surface area (TPSA) is 113 Å². The fourth-order valence-corrected chi connectivity index (χ4v) is 4.96. The Morgan fingerprint density at radius 3 is 2.07 bits per heavy atom. The van der Waals surface area contributed by atoms with E-state index in [1.165, 1.54) is 0 Å². The number of cyclic esters (lactones) is 1. The lowest BCUT2D eigenvalue weighted by molar-refractivity contribution is -0.167. The molecule has 2 saturated heterocycles. The van der Waals surface area contributed by atoms with Gasteiger partial charge in [0.25, 0.3) is 0 Å².